The number of non-ortho nitro benzene ring substituents is 1. The van der Waals surface area contributed by atoms with Crippen molar-refractivity contribution in [2.24, 2.45) is 11.7 Å². The molecule has 9 nitrogen and oxygen atoms in total. The fourth-order valence-corrected chi connectivity index (χ4v) is 5.25. The molecule has 36 heavy (non-hydrogen) atoms. The van der Waals surface area contributed by atoms with Crippen LogP contribution in [0.15, 0.2) is 35.7 Å². The van der Waals surface area contributed by atoms with Crippen LogP contribution in [0.2, 0.25) is 0 Å². The third-order valence-corrected chi connectivity index (χ3v) is 7.24. The van der Waals surface area contributed by atoms with Gasteiger partial charge >= 0.3 is 5.97 Å². The molecule has 0 aliphatic heterocycles. The van der Waals surface area contributed by atoms with Crippen molar-refractivity contribution >= 4 is 28.9 Å². The Morgan fingerprint density at radius 1 is 1.22 bits per heavy atom. The monoisotopic (exact) mass is 512 g/mol. The molecule has 192 valence electrons. The molecule has 2 heterocycles. The lowest BCUT2D eigenvalue weighted by Crippen LogP contribution is -2.16. The standard InChI is InChI=1S/C22H23N3O4S.C4H9NO/c1-14-18(22(26)27)11-20(24(14)12-15-5-3-2-4-6-15)19-13-30-21(23-19)16-7-9-17(10-8-16)25(28)29;1-2-3-4(5)6/h7-11,13,15H,2-6,12H2,1H3,(H,26,27);2-3H2,1H3,(H2,5,6). The van der Waals surface area contributed by atoms with Gasteiger partial charge in [0, 0.05) is 41.7 Å². The summed E-state index contributed by atoms with van der Waals surface area (Å²) in [7, 11) is 0. The molecule has 3 aromatic rings. The van der Waals surface area contributed by atoms with Crippen LogP contribution in [-0.2, 0) is 11.3 Å². The zero-order valence-corrected chi connectivity index (χ0v) is 21.4. The first-order valence-corrected chi connectivity index (χ1v) is 13.0. The number of nitro benzene ring substituents is 1. The first kappa shape index (κ1) is 27.1. The second-order valence-electron chi connectivity index (χ2n) is 9.01. The van der Waals surface area contributed by atoms with E-state index in [-0.39, 0.29) is 11.6 Å². The number of nitrogens with two attached hydrogens (primary N) is 1. The zero-order chi connectivity index (χ0) is 26.2. The van der Waals surface area contributed by atoms with E-state index in [9.17, 15) is 24.8 Å². The third-order valence-electron chi connectivity index (χ3n) is 6.35. The summed E-state index contributed by atoms with van der Waals surface area (Å²) in [5.74, 6) is -0.586. The van der Waals surface area contributed by atoms with Gasteiger partial charge < -0.3 is 15.4 Å². The number of rotatable bonds is 8. The van der Waals surface area contributed by atoms with Gasteiger partial charge in [-0.15, -0.1) is 11.3 Å². The van der Waals surface area contributed by atoms with E-state index in [1.165, 1.54) is 55.6 Å². The lowest BCUT2D eigenvalue weighted by molar-refractivity contribution is -0.384. The maximum Gasteiger partial charge on any atom is 0.337 e. The fourth-order valence-electron chi connectivity index (χ4n) is 4.43. The molecule has 4 rings (SSSR count). The van der Waals surface area contributed by atoms with Crippen LogP contribution in [0.3, 0.4) is 0 Å². The molecule has 2 aromatic heterocycles. The van der Waals surface area contributed by atoms with Crippen LogP contribution in [0.25, 0.3) is 22.0 Å². The summed E-state index contributed by atoms with van der Waals surface area (Å²) >= 11 is 1.45. The Morgan fingerprint density at radius 3 is 2.42 bits per heavy atom. The molecular weight excluding hydrogens is 480 g/mol. The summed E-state index contributed by atoms with van der Waals surface area (Å²) in [4.78, 5) is 36.7. The number of hydrogen-bond acceptors (Lipinski definition) is 6. The van der Waals surface area contributed by atoms with Crippen molar-refractivity contribution in [3.05, 3.63) is 57.1 Å². The molecule has 1 saturated carbocycles. The van der Waals surface area contributed by atoms with E-state index in [1.807, 2.05) is 19.2 Å². The highest BCUT2D eigenvalue weighted by molar-refractivity contribution is 7.13. The molecule has 1 aliphatic rings. The summed E-state index contributed by atoms with van der Waals surface area (Å²) in [6, 6.07) is 8.03. The smallest absolute Gasteiger partial charge is 0.337 e. The molecule has 0 bridgehead atoms. The maximum absolute atomic E-state index is 11.7. The molecule has 0 spiro atoms. The van der Waals surface area contributed by atoms with Crippen molar-refractivity contribution in [1.29, 1.82) is 0 Å². The predicted octanol–water partition coefficient (Wildman–Crippen LogP) is 6.05. The van der Waals surface area contributed by atoms with Crippen LogP contribution in [-0.4, -0.2) is 31.5 Å². The molecule has 10 heteroatoms. The van der Waals surface area contributed by atoms with Crippen LogP contribution in [0.4, 0.5) is 5.69 Å². The highest BCUT2D eigenvalue weighted by atomic mass is 32.1. The van der Waals surface area contributed by atoms with Gasteiger partial charge in [-0.3, -0.25) is 14.9 Å². The zero-order valence-electron chi connectivity index (χ0n) is 20.6. The van der Waals surface area contributed by atoms with E-state index in [0.717, 1.165) is 40.6 Å². The predicted molar refractivity (Wildman–Crippen MR) is 140 cm³/mol. The first-order chi connectivity index (χ1) is 17.2. The van der Waals surface area contributed by atoms with Crippen LogP contribution < -0.4 is 5.73 Å². The second-order valence-corrected chi connectivity index (χ2v) is 9.86. The Morgan fingerprint density at radius 2 is 1.89 bits per heavy atom. The molecule has 0 radical (unpaired) electrons. The Kier molecular flexibility index (Phi) is 9.35. The Hall–Kier alpha value is -3.53. The fraction of sp³-hybridized carbons (Fsp3) is 0.423. The molecule has 0 saturated heterocycles. The maximum atomic E-state index is 11.7. The van der Waals surface area contributed by atoms with Gasteiger partial charge in [0.1, 0.15) is 5.01 Å². The molecule has 1 aromatic carbocycles. The SMILES string of the molecule is CCCC(N)=O.Cc1c(C(=O)O)cc(-c2csc(-c3ccc([N+](=O)[O-])cc3)n2)n1CC1CCCCC1. The molecule has 1 fully saturated rings. The number of amides is 1. The molecule has 0 atom stereocenters. The van der Waals surface area contributed by atoms with Crippen molar-refractivity contribution in [2.45, 2.75) is 65.3 Å². The number of nitro groups is 1. The number of aromatic carboxylic acids is 1. The van der Waals surface area contributed by atoms with Gasteiger partial charge in [0.2, 0.25) is 5.91 Å². The minimum absolute atomic E-state index is 0.0404. The number of hydrogen-bond donors (Lipinski definition) is 2. The van der Waals surface area contributed by atoms with Gasteiger partial charge in [0.25, 0.3) is 5.69 Å². The summed E-state index contributed by atoms with van der Waals surface area (Å²) in [5.41, 5.74) is 8.23. The average molecular weight is 513 g/mol. The van der Waals surface area contributed by atoms with Crippen molar-refractivity contribution in [3.63, 3.8) is 0 Å². The minimum Gasteiger partial charge on any atom is -0.478 e. The third kappa shape index (κ3) is 6.78. The normalized spacial score (nSPS) is 13.6. The number of carboxylic acid groups (broad SMARTS) is 1. The van der Waals surface area contributed by atoms with Crippen LogP contribution >= 0.6 is 11.3 Å². The minimum atomic E-state index is -0.929. The number of carbonyl (C=O) groups is 2. The number of carboxylic acids is 1. The summed E-state index contributed by atoms with van der Waals surface area (Å²) in [6.07, 6.45) is 7.45. The van der Waals surface area contributed by atoms with Crippen LogP contribution in [0.5, 0.6) is 0 Å². The van der Waals surface area contributed by atoms with Crippen LogP contribution in [0.1, 0.15) is 67.9 Å². The molecule has 0 unspecified atom stereocenters. The number of primary amides is 1. The van der Waals surface area contributed by atoms with Crippen molar-refractivity contribution < 1.29 is 19.6 Å². The van der Waals surface area contributed by atoms with Crippen molar-refractivity contribution in [2.75, 3.05) is 0 Å². The number of aromatic nitrogens is 2. The van der Waals surface area contributed by atoms with Crippen molar-refractivity contribution in [3.8, 4) is 22.0 Å². The average Bonchev–Trinajstić information content (AvgIpc) is 3.46. The van der Waals surface area contributed by atoms with Gasteiger partial charge in [-0.1, -0.05) is 26.2 Å². The van der Waals surface area contributed by atoms with Gasteiger partial charge in [0.05, 0.1) is 21.9 Å². The highest BCUT2D eigenvalue weighted by Gasteiger charge is 2.23. The van der Waals surface area contributed by atoms with Gasteiger partial charge in [-0.25, -0.2) is 9.78 Å². The number of carbonyl (C=O) groups excluding carboxylic acids is 1. The van der Waals surface area contributed by atoms with E-state index in [0.29, 0.717) is 17.9 Å². The van der Waals surface area contributed by atoms with E-state index in [2.05, 4.69) is 4.57 Å². The van der Waals surface area contributed by atoms with Crippen LogP contribution in [0, 0.1) is 23.0 Å². The van der Waals surface area contributed by atoms with Gasteiger partial charge in [-0.2, -0.15) is 0 Å². The first-order valence-electron chi connectivity index (χ1n) is 12.1. The molecule has 3 N–H and O–H groups in total. The number of thiazole rings is 1. The van der Waals surface area contributed by atoms with E-state index in [1.54, 1.807) is 18.2 Å². The van der Waals surface area contributed by atoms with E-state index in [4.69, 9.17) is 10.7 Å². The Balaban J connectivity index is 0.000000538. The lowest BCUT2D eigenvalue weighted by atomic mass is 9.89. The topological polar surface area (TPSA) is 141 Å². The lowest BCUT2D eigenvalue weighted by Gasteiger charge is -2.24. The summed E-state index contributed by atoms with van der Waals surface area (Å²) in [5, 5.41) is 23.2. The highest BCUT2D eigenvalue weighted by Crippen LogP contribution is 2.34. The molecular formula is C26H32N4O5S. The quantitative estimate of drug-likeness (QED) is 0.278. The van der Waals surface area contributed by atoms with Gasteiger partial charge in [-0.05, 0) is 50.3 Å². The summed E-state index contributed by atoms with van der Waals surface area (Å²) < 4.78 is 2.11. The molecule has 1 amide bonds. The van der Waals surface area contributed by atoms with E-state index >= 15 is 0 Å². The summed E-state index contributed by atoms with van der Waals surface area (Å²) in [6.45, 7) is 4.59. The Labute approximate surface area is 214 Å². The van der Waals surface area contributed by atoms with Crippen molar-refractivity contribution in [1.82, 2.24) is 9.55 Å². The number of benzene rings is 1. The van der Waals surface area contributed by atoms with Gasteiger partial charge in [0.15, 0.2) is 0 Å². The number of nitrogens with zero attached hydrogens (tertiary/aromatic N) is 3. The molecule has 1 aliphatic carbocycles. The van der Waals surface area contributed by atoms with E-state index < -0.39 is 10.9 Å². The largest absolute Gasteiger partial charge is 0.478 e. The Bertz CT molecular complexity index is 1210. The second kappa shape index (κ2) is 12.4.